The monoisotopic (exact) mass is 601 g/mol. The summed E-state index contributed by atoms with van der Waals surface area (Å²) in [5, 5.41) is 6.45. The summed E-state index contributed by atoms with van der Waals surface area (Å²) in [4.78, 5) is 36.2. The molecule has 2 heterocycles. The predicted molar refractivity (Wildman–Crippen MR) is 163 cm³/mol. The van der Waals surface area contributed by atoms with Crippen LogP contribution < -0.4 is 25.0 Å². The first kappa shape index (κ1) is 32.5. The molecule has 0 saturated carbocycles. The minimum absolute atomic E-state index is 0.0944. The lowest BCUT2D eigenvalue weighted by atomic mass is 10.0. The Morgan fingerprint density at radius 3 is 2.21 bits per heavy atom. The number of hydrogen-bond acceptors (Lipinski definition) is 9. The number of benzene rings is 1. The molecule has 0 atom stereocenters. The van der Waals surface area contributed by atoms with Crippen molar-refractivity contribution in [3.8, 4) is 22.6 Å². The average molecular weight is 602 g/mol. The highest BCUT2D eigenvalue weighted by atomic mass is 32.2. The summed E-state index contributed by atoms with van der Waals surface area (Å²) in [6, 6.07) is 8.52. The first-order valence-electron chi connectivity index (χ1n) is 13.4. The van der Waals surface area contributed by atoms with Crippen LogP contribution in [0, 0.1) is 0 Å². The van der Waals surface area contributed by atoms with Crippen LogP contribution in [0.4, 0.5) is 16.4 Å². The number of carbonyl (C=O) groups excluding carboxylic acids is 2. The van der Waals surface area contributed by atoms with Crippen molar-refractivity contribution in [2.75, 3.05) is 43.8 Å². The molecule has 3 aromatic rings. The van der Waals surface area contributed by atoms with Gasteiger partial charge in [0.05, 0.1) is 32.6 Å². The van der Waals surface area contributed by atoms with Gasteiger partial charge in [0.1, 0.15) is 23.1 Å². The number of nitrogens with zero attached hydrogens (tertiary/aromatic N) is 3. The highest BCUT2D eigenvalue weighted by Gasteiger charge is 2.19. The molecule has 12 nitrogen and oxygen atoms in total. The smallest absolute Gasteiger partial charge is 0.320 e. The molecule has 0 aliphatic rings. The van der Waals surface area contributed by atoms with Crippen molar-refractivity contribution in [3.05, 3.63) is 36.5 Å². The molecule has 0 aliphatic carbocycles. The zero-order valence-corrected chi connectivity index (χ0v) is 25.9. The van der Waals surface area contributed by atoms with Gasteiger partial charge in [-0.25, -0.2) is 14.8 Å². The first-order valence-corrected chi connectivity index (χ1v) is 15.3. The fourth-order valence-corrected chi connectivity index (χ4v) is 4.58. The standard InChI is InChI=1S/C29H39N5O7S/c1-19(35)34(11-9-8-10-12-41-42(7,37)38)26-17-25-21(18-30-26)15-24(20-13-22(39-5)16-23(14-20)40-6)27(31-25)32-28(36)33-29(2,3)4/h13-18H,8-12H2,1-7H3,(H2,31,32,33,36). The summed E-state index contributed by atoms with van der Waals surface area (Å²) >= 11 is 0. The van der Waals surface area contributed by atoms with Crippen LogP contribution in [0.5, 0.6) is 11.5 Å². The van der Waals surface area contributed by atoms with E-state index in [1.54, 1.807) is 37.4 Å². The third-order valence-electron chi connectivity index (χ3n) is 6.05. The van der Waals surface area contributed by atoms with E-state index in [0.717, 1.165) is 6.26 Å². The number of pyridine rings is 2. The second kappa shape index (κ2) is 13.8. The second-order valence-corrected chi connectivity index (χ2v) is 12.5. The van der Waals surface area contributed by atoms with Crippen molar-refractivity contribution in [1.29, 1.82) is 0 Å². The minimum Gasteiger partial charge on any atom is -0.497 e. The Kier molecular flexibility index (Phi) is 10.7. The largest absolute Gasteiger partial charge is 0.497 e. The Morgan fingerprint density at radius 2 is 1.64 bits per heavy atom. The topological polar surface area (TPSA) is 149 Å². The summed E-state index contributed by atoms with van der Waals surface area (Å²) in [5.74, 6) is 1.66. The Labute approximate surface area is 246 Å². The van der Waals surface area contributed by atoms with Crippen LogP contribution in [0.3, 0.4) is 0 Å². The zero-order chi connectivity index (χ0) is 31.1. The maximum absolute atomic E-state index is 12.9. The molecule has 0 saturated heterocycles. The Bertz CT molecular complexity index is 1520. The second-order valence-electron chi connectivity index (χ2n) is 10.8. The van der Waals surface area contributed by atoms with Gasteiger partial charge in [0.15, 0.2) is 0 Å². The van der Waals surface area contributed by atoms with Crippen molar-refractivity contribution in [1.82, 2.24) is 15.3 Å². The zero-order valence-electron chi connectivity index (χ0n) is 25.1. The highest BCUT2D eigenvalue weighted by molar-refractivity contribution is 7.85. The van der Waals surface area contributed by atoms with Crippen molar-refractivity contribution in [2.45, 2.75) is 52.5 Å². The van der Waals surface area contributed by atoms with Crippen LogP contribution in [-0.2, 0) is 19.1 Å². The van der Waals surface area contributed by atoms with E-state index in [2.05, 4.69) is 15.6 Å². The van der Waals surface area contributed by atoms with E-state index in [4.69, 9.17) is 18.6 Å². The van der Waals surface area contributed by atoms with Gasteiger partial charge in [-0.05, 0) is 63.8 Å². The molecule has 2 aromatic heterocycles. The number of urea groups is 1. The molecule has 0 radical (unpaired) electrons. The number of nitrogens with one attached hydrogen (secondary N) is 2. The fraction of sp³-hybridized carbons (Fsp3) is 0.448. The number of anilines is 2. The van der Waals surface area contributed by atoms with E-state index in [9.17, 15) is 18.0 Å². The predicted octanol–water partition coefficient (Wildman–Crippen LogP) is 4.73. The number of aromatic nitrogens is 2. The number of carbonyl (C=O) groups is 2. The number of rotatable bonds is 12. The summed E-state index contributed by atoms with van der Waals surface area (Å²) in [6.07, 6.45) is 4.46. The number of methoxy groups -OCH3 is 2. The summed E-state index contributed by atoms with van der Waals surface area (Å²) in [5.41, 5.74) is 1.38. The number of amides is 3. The quantitative estimate of drug-likeness (QED) is 0.222. The Balaban J connectivity index is 1.97. The van der Waals surface area contributed by atoms with Crippen LogP contribution in [-0.4, -0.2) is 69.5 Å². The van der Waals surface area contributed by atoms with E-state index in [1.165, 1.54) is 6.92 Å². The third kappa shape index (κ3) is 9.55. The van der Waals surface area contributed by atoms with Crippen molar-refractivity contribution < 1.29 is 31.7 Å². The molecule has 0 fully saturated rings. The number of ether oxygens (including phenoxy) is 2. The average Bonchev–Trinajstić information content (AvgIpc) is 2.89. The molecular formula is C29H39N5O7S. The van der Waals surface area contributed by atoms with E-state index in [1.807, 2.05) is 39.0 Å². The normalized spacial score (nSPS) is 11.7. The van der Waals surface area contributed by atoms with E-state index in [0.29, 0.717) is 71.0 Å². The van der Waals surface area contributed by atoms with Gasteiger partial charge in [0.25, 0.3) is 10.1 Å². The maximum atomic E-state index is 12.9. The van der Waals surface area contributed by atoms with Gasteiger partial charge in [-0.2, -0.15) is 8.42 Å². The number of hydrogen-bond donors (Lipinski definition) is 2. The van der Waals surface area contributed by atoms with Gasteiger partial charge in [0.2, 0.25) is 5.91 Å². The molecule has 42 heavy (non-hydrogen) atoms. The number of unbranched alkanes of at least 4 members (excludes halogenated alkanes) is 2. The molecular weight excluding hydrogens is 562 g/mol. The molecule has 228 valence electrons. The van der Waals surface area contributed by atoms with Gasteiger partial charge in [-0.3, -0.25) is 19.2 Å². The molecule has 1 aromatic carbocycles. The third-order valence-corrected chi connectivity index (χ3v) is 6.64. The highest BCUT2D eigenvalue weighted by Crippen LogP contribution is 2.35. The van der Waals surface area contributed by atoms with Gasteiger partial charge < -0.3 is 14.8 Å². The molecule has 0 bridgehead atoms. The summed E-state index contributed by atoms with van der Waals surface area (Å²) in [6.45, 7) is 7.56. The van der Waals surface area contributed by atoms with Crippen LogP contribution in [0.2, 0.25) is 0 Å². The molecule has 0 spiro atoms. The molecule has 3 amide bonds. The summed E-state index contributed by atoms with van der Waals surface area (Å²) < 4.78 is 37.9. The molecule has 3 rings (SSSR count). The molecule has 2 N–H and O–H groups in total. The first-order chi connectivity index (χ1) is 19.7. The van der Waals surface area contributed by atoms with Gasteiger partial charge in [0, 0.05) is 48.3 Å². The molecule has 13 heteroatoms. The van der Waals surface area contributed by atoms with E-state index in [-0.39, 0.29) is 12.5 Å². The van der Waals surface area contributed by atoms with E-state index >= 15 is 0 Å². The minimum atomic E-state index is -3.48. The maximum Gasteiger partial charge on any atom is 0.320 e. The lowest BCUT2D eigenvalue weighted by molar-refractivity contribution is -0.116. The SMILES string of the molecule is COc1cc(OC)cc(-c2cc3cnc(N(CCCCCOS(C)(=O)=O)C(C)=O)cc3nc2NC(=O)NC(C)(C)C)c1. The van der Waals surface area contributed by atoms with Gasteiger partial charge in [-0.1, -0.05) is 0 Å². The Hall–Kier alpha value is -3.97. The van der Waals surface area contributed by atoms with Crippen LogP contribution >= 0.6 is 0 Å². The van der Waals surface area contributed by atoms with Crippen LogP contribution in [0.1, 0.15) is 47.0 Å². The fourth-order valence-electron chi connectivity index (χ4n) is 4.15. The van der Waals surface area contributed by atoms with Gasteiger partial charge in [-0.15, -0.1) is 0 Å². The molecule has 0 unspecified atom stereocenters. The Morgan fingerprint density at radius 1 is 0.976 bits per heavy atom. The van der Waals surface area contributed by atoms with Crippen molar-refractivity contribution in [3.63, 3.8) is 0 Å². The van der Waals surface area contributed by atoms with Gasteiger partial charge >= 0.3 is 6.03 Å². The summed E-state index contributed by atoms with van der Waals surface area (Å²) in [7, 11) is -0.361. The van der Waals surface area contributed by atoms with E-state index < -0.39 is 21.7 Å². The van der Waals surface area contributed by atoms with Crippen molar-refractivity contribution in [2.24, 2.45) is 0 Å². The van der Waals surface area contributed by atoms with Crippen molar-refractivity contribution >= 4 is 44.6 Å². The lowest BCUT2D eigenvalue weighted by Crippen LogP contribution is -2.43. The lowest BCUT2D eigenvalue weighted by Gasteiger charge is -2.22. The van der Waals surface area contributed by atoms with Crippen LogP contribution in [0.25, 0.3) is 22.0 Å². The molecule has 0 aliphatic heterocycles. The van der Waals surface area contributed by atoms with Crippen LogP contribution in [0.15, 0.2) is 36.5 Å². The number of fused-ring (bicyclic) bond motifs is 1.